The molecule has 0 bridgehead atoms. The van der Waals surface area contributed by atoms with Crippen LogP contribution in [0.3, 0.4) is 0 Å². The number of aromatic nitrogens is 4. The van der Waals surface area contributed by atoms with Crippen LogP contribution in [0.2, 0.25) is 0 Å². The third-order valence-electron chi connectivity index (χ3n) is 8.23. The zero-order valence-electron chi connectivity index (χ0n) is 20.9. The van der Waals surface area contributed by atoms with Crippen molar-refractivity contribution in [3.8, 4) is 11.1 Å². The Balaban J connectivity index is 1.22. The smallest absolute Gasteiger partial charge is 0.129 e. The summed E-state index contributed by atoms with van der Waals surface area (Å²) in [6.07, 6.45) is 12.8. The molecule has 6 heterocycles. The molecule has 2 fully saturated rings. The fourth-order valence-corrected chi connectivity index (χ4v) is 6.03. The van der Waals surface area contributed by atoms with Crippen LogP contribution < -0.4 is 5.32 Å². The summed E-state index contributed by atoms with van der Waals surface area (Å²) in [5.41, 5.74) is 7.29. The second-order valence-corrected chi connectivity index (χ2v) is 10.3. The average Bonchev–Trinajstić information content (AvgIpc) is 3.56. The number of hydrogen-bond acceptors (Lipinski definition) is 6. The molecule has 3 aliphatic heterocycles. The Morgan fingerprint density at radius 1 is 1.00 bits per heavy atom. The molecular formula is C28H36N6O. The van der Waals surface area contributed by atoms with Gasteiger partial charge in [0.25, 0.3) is 0 Å². The van der Waals surface area contributed by atoms with Gasteiger partial charge in [-0.2, -0.15) is 5.10 Å². The first-order valence-electron chi connectivity index (χ1n) is 13.2. The lowest BCUT2D eigenvalue weighted by Gasteiger charge is -2.31. The zero-order valence-corrected chi connectivity index (χ0v) is 20.9. The van der Waals surface area contributed by atoms with Crippen molar-refractivity contribution in [2.45, 2.75) is 57.4 Å². The number of ether oxygens (including phenoxy) is 1. The summed E-state index contributed by atoms with van der Waals surface area (Å²) in [7, 11) is 0. The van der Waals surface area contributed by atoms with Gasteiger partial charge in [0, 0.05) is 85.7 Å². The lowest BCUT2D eigenvalue weighted by Crippen LogP contribution is -2.34. The van der Waals surface area contributed by atoms with Gasteiger partial charge in [-0.3, -0.25) is 9.67 Å². The molecule has 0 spiro atoms. The summed E-state index contributed by atoms with van der Waals surface area (Å²) >= 11 is 0. The highest BCUT2D eigenvalue weighted by Crippen LogP contribution is 2.38. The number of aryl methyl sites for hydroxylation is 1. The van der Waals surface area contributed by atoms with E-state index in [1.54, 1.807) is 0 Å². The summed E-state index contributed by atoms with van der Waals surface area (Å²) in [5.74, 6) is 1.78. The van der Waals surface area contributed by atoms with E-state index >= 15 is 0 Å². The van der Waals surface area contributed by atoms with Crippen LogP contribution in [-0.2, 0) is 4.74 Å². The number of rotatable bonds is 5. The molecule has 7 heteroatoms. The van der Waals surface area contributed by atoms with Gasteiger partial charge in [0.05, 0.1) is 12.2 Å². The van der Waals surface area contributed by atoms with Crippen molar-refractivity contribution in [1.82, 2.24) is 24.6 Å². The van der Waals surface area contributed by atoms with Gasteiger partial charge in [-0.25, -0.2) is 4.98 Å². The molecule has 0 radical (unpaired) electrons. The monoisotopic (exact) mass is 472 g/mol. The van der Waals surface area contributed by atoms with Gasteiger partial charge >= 0.3 is 0 Å². The van der Waals surface area contributed by atoms with E-state index < -0.39 is 0 Å². The molecule has 1 atom stereocenters. The summed E-state index contributed by atoms with van der Waals surface area (Å²) in [6.45, 7) is 10.5. The van der Waals surface area contributed by atoms with Gasteiger partial charge in [-0.15, -0.1) is 0 Å². The van der Waals surface area contributed by atoms with E-state index in [-0.39, 0.29) is 5.92 Å². The minimum absolute atomic E-state index is 0.275. The van der Waals surface area contributed by atoms with Gasteiger partial charge in [-0.1, -0.05) is 6.92 Å². The summed E-state index contributed by atoms with van der Waals surface area (Å²) < 4.78 is 7.75. The van der Waals surface area contributed by atoms with Gasteiger partial charge in [0.1, 0.15) is 5.82 Å². The molecular weight excluding hydrogens is 436 g/mol. The molecule has 3 aromatic rings. The maximum absolute atomic E-state index is 5.54. The summed E-state index contributed by atoms with van der Waals surface area (Å²) in [6, 6.07) is 5.08. The number of hydrogen-bond donors (Lipinski definition) is 1. The highest BCUT2D eigenvalue weighted by molar-refractivity contribution is 5.68. The van der Waals surface area contributed by atoms with Gasteiger partial charge in [0.2, 0.25) is 0 Å². The maximum Gasteiger partial charge on any atom is 0.129 e. The second-order valence-electron chi connectivity index (χ2n) is 10.3. The Hall–Kier alpha value is -2.77. The number of fused-ring (bicyclic) bond motifs is 1. The number of pyridine rings is 2. The first-order valence-corrected chi connectivity index (χ1v) is 13.2. The topological polar surface area (TPSA) is 68.1 Å². The fourth-order valence-electron chi connectivity index (χ4n) is 6.03. The molecule has 0 aliphatic carbocycles. The van der Waals surface area contributed by atoms with Gasteiger partial charge in [0.15, 0.2) is 0 Å². The standard InChI is InChI=1S/C28H36N6O/c1-3-33-8-4-24(5-9-33)34-18-23(16-32-34)26-17-31-28-25(26)13-22(15-30-28)21-12-19(2)27(29-14-21)20-6-10-35-11-7-20/h12-16,18,20,24,26H,3-11,17H2,1-2H3,(H,30,31). The number of piperidine rings is 1. The maximum atomic E-state index is 5.54. The number of likely N-dealkylation sites (tertiary alicyclic amines) is 1. The highest BCUT2D eigenvalue weighted by Gasteiger charge is 2.28. The van der Waals surface area contributed by atoms with E-state index in [2.05, 4.69) is 53.3 Å². The molecule has 0 saturated carbocycles. The van der Waals surface area contributed by atoms with Crippen LogP contribution in [0.1, 0.15) is 72.9 Å². The largest absolute Gasteiger partial charge is 0.381 e. The quantitative estimate of drug-likeness (QED) is 0.578. The first kappa shape index (κ1) is 22.7. The third-order valence-corrected chi connectivity index (χ3v) is 8.23. The van der Waals surface area contributed by atoms with E-state index in [1.807, 2.05) is 12.4 Å². The van der Waals surface area contributed by atoms with Crippen molar-refractivity contribution in [3.05, 3.63) is 59.3 Å². The molecule has 1 N–H and O–H groups in total. The lowest BCUT2D eigenvalue weighted by atomic mass is 9.91. The van der Waals surface area contributed by atoms with Crippen molar-refractivity contribution in [2.24, 2.45) is 0 Å². The Labute approximate surface area is 207 Å². The van der Waals surface area contributed by atoms with Crippen LogP contribution in [0.15, 0.2) is 36.9 Å². The molecule has 0 amide bonds. The van der Waals surface area contributed by atoms with E-state index in [9.17, 15) is 0 Å². The second kappa shape index (κ2) is 9.70. The summed E-state index contributed by atoms with van der Waals surface area (Å²) in [4.78, 5) is 12.2. The van der Waals surface area contributed by atoms with Crippen LogP contribution in [0.25, 0.3) is 11.1 Å². The normalized spacial score (nSPS) is 21.7. The van der Waals surface area contributed by atoms with Crippen molar-refractivity contribution >= 4 is 5.82 Å². The van der Waals surface area contributed by atoms with Crippen LogP contribution >= 0.6 is 0 Å². The Kier molecular flexibility index (Phi) is 6.29. The SMILES string of the molecule is CCN1CCC(n2cc(C3CNc4ncc(-c5cnc(C6CCOCC6)c(C)c5)cc43)cn2)CC1. The molecule has 3 aromatic heterocycles. The van der Waals surface area contributed by atoms with Crippen molar-refractivity contribution in [3.63, 3.8) is 0 Å². The number of nitrogens with zero attached hydrogens (tertiary/aromatic N) is 5. The molecule has 2 saturated heterocycles. The van der Waals surface area contributed by atoms with Crippen molar-refractivity contribution in [1.29, 1.82) is 0 Å². The van der Waals surface area contributed by atoms with Crippen LogP contribution in [0.4, 0.5) is 5.82 Å². The van der Waals surface area contributed by atoms with Crippen molar-refractivity contribution in [2.75, 3.05) is 44.7 Å². The molecule has 35 heavy (non-hydrogen) atoms. The minimum Gasteiger partial charge on any atom is -0.381 e. The van der Waals surface area contributed by atoms with Crippen LogP contribution in [0, 0.1) is 6.92 Å². The predicted molar refractivity (Wildman–Crippen MR) is 138 cm³/mol. The number of nitrogens with one attached hydrogen (secondary N) is 1. The molecule has 3 aliphatic rings. The minimum atomic E-state index is 0.275. The third kappa shape index (κ3) is 4.47. The van der Waals surface area contributed by atoms with E-state index in [4.69, 9.17) is 19.8 Å². The fraction of sp³-hybridized carbons (Fsp3) is 0.536. The molecule has 0 aromatic carbocycles. The van der Waals surface area contributed by atoms with Crippen molar-refractivity contribution < 1.29 is 4.74 Å². The number of anilines is 1. The zero-order chi connectivity index (χ0) is 23.8. The van der Waals surface area contributed by atoms with Gasteiger partial charge in [-0.05, 0) is 62.4 Å². The Morgan fingerprint density at radius 2 is 1.77 bits per heavy atom. The average molecular weight is 473 g/mol. The lowest BCUT2D eigenvalue weighted by molar-refractivity contribution is 0.0844. The first-order chi connectivity index (χ1) is 17.2. The van der Waals surface area contributed by atoms with E-state index in [0.717, 1.165) is 69.2 Å². The molecule has 6 rings (SSSR count). The molecule has 1 unspecified atom stereocenters. The Morgan fingerprint density at radius 3 is 2.54 bits per heavy atom. The highest BCUT2D eigenvalue weighted by atomic mass is 16.5. The van der Waals surface area contributed by atoms with Crippen LogP contribution in [0.5, 0.6) is 0 Å². The summed E-state index contributed by atoms with van der Waals surface area (Å²) in [5, 5.41) is 8.30. The van der Waals surface area contributed by atoms with Crippen LogP contribution in [-0.4, -0.2) is 64.0 Å². The van der Waals surface area contributed by atoms with Gasteiger partial charge < -0.3 is 15.0 Å². The molecule has 7 nitrogen and oxygen atoms in total. The van der Waals surface area contributed by atoms with E-state index in [1.165, 1.54) is 35.2 Å². The van der Waals surface area contributed by atoms with E-state index in [0.29, 0.717) is 12.0 Å². The molecule has 184 valence electrons. The Bertz CT molecular complexity index is 1180. The predicted octanol–water partition coefficient (Wildman–Crippen LogP) is 4.76.